The third-order valence-corrected chi connectivity index (χ3v) is 9.97. The van der Waals surface area contributed by atoms with Crippen molar-refractivity contribution < 1.29 is 24.6 Å². The second-order valence-electron chi connectivity index (χ2n) is 11.6. The van der Waals surface area contributed by atoms with Crippen LogP contribution in [0.5, 0.6) is 0 Å². The van der Waals surface area contributed by atoms with E-state index in [0.29, 0.717) is 22.5 Å². The fourth-order valence-corrected chi connectivity index (χ4v) is 8.35. The summed E-state index contributed by atoms with van der Waals surface area (Å²) in [6.45, 7) is 9.45. The number of aliphatic carboxylic acids is 2. The van der Waals surface area contributed by atoms with Gasteiger partial charge in [0.1, 0.15) is 5.78 Å². The Bertz CT molecular complexity index is 688. The summed E-state index contributed by atoms with van der Waals surface area (Å²) < 4.78 is 0. The first-order valence-corrected chi connectivity index (χ1v) is 12.4. The topological polar surface area (TPSA) is 91.7 Å². The Morgan fingerprint density at radius 1 is 0.806 bits per heavy atom. The maximum atomic E-state index is 12.2. The van der Waals surface area contributed by atoms with E-state index in [1.807, 2.05) is 6.92 Å². The van der Waals surface area contributed by atoms with Crippen LogP contribution in [0.3, 0.4) is 0 Å². The smallest absolute Gasteiger partial charge is 0.303 e. The number of carbonyl (C=O) groups excluding carboxylic acids is 1. The van der Waals surface area contributed by atoms with Gasteiger partial charge in [-0.2, -0.15) is 0 Å². The lowest BCUT2D eigenvalue weighted by molar-refractivity contribution is -0.143. The first kappa shape index (κ1) is 24.3. The second kappa shape index (κ2) is 9.23. The minimum absolute atomic E-state index is 0.296. The average molecular weight is 435 g/mol. The number of rotatable bonds is 4. The predicted octanol–water partition coefficient (Wildman–Crippen LogP) is 5.81. The largest absolute Gasteiger partial charge is 0.481 e. The summed E-state index contributed by atoms with van der Waals surface area (Å²) in [5.41, 5.74) is 0.948. The van der Waals surface area contributed by atoms with Crippen LogP contribution in [0, 0.1) is 46.3 Å². The molecule has 4 fully saturated rings. The molecule has 0 heterocycles. The molecule has 0 amide bonds. The number of hydrogen-bond donors (Lipinski definition) is 2. The van der Waals surface area contributed by atoms with E-state index in [4.69, 9.17) is 10.2 Å². The molecule has 0 aromatic carbocycles. The van der Waals surface area contributed by atoms with E-state index >= 15 is 0 Å². The predicted molar refractivity (Wildman–Crippen MR) is 120 cm³/mol. The van der Waals surface area contributed by atoms with Crippen LogP contribution in [-0.4, -0.2) is 27.9 Å². The fraction of sp³-hybridized carbons (Fsp3) is 0.885. The Morgan fingerprint density at radius 2 is 1.39 bits per heavy atom. The molecule has 5 nitrogen and oxygen atoms in total. The van der Waals surface area contributed by atoms with Gasteiger partial charge >= 0.3 is 11.9 Å². The first-order valence-electron chi connectivity index (χ1n) is 12.4. The maximum Gasteiger partial charge on any atom is 0.303 e. The number of hydrogen-bond acceptors (Lipinski definition) is 3. The lowest BCUT2D eigenvalue weighted by Gasteiger charge is -2.61. The van der Waals surface area contributed by atoms with Crippen LogP contribution in [0.15, 0.2) is 0 Å². The van der Waals surface area contributed by atoms with Crippen LogP contribution in [0.1, 0.15) is 98.3 Å². The molecule has 4 rings (SSSR count). The van der Waals surface area contributed by atoms with Gasteiger partial charge in [0, 0.05) is 5.92 Å². The molecule has 5 heteroatoms. The molecule has 0 saturated heterocycles. The lowest BCUT2D eigenvalue weighted by Crippen LogP contribution is -2.53. The van der Waals surface area contributed by atoms with Crippen LogP contribution < -0.4 is 0 Å². The summed E-state index contributed by atoms with van der Waals surface area (Å²) in [7, 11) is 0. The molecule has 0 radical (unpaired) electrons. The Morgan fingerprint density at radius 3 is 1.97 bits per heavy atom. The summed E-state index contributed by atoms with van der Waals surface area (Å²) in [5, 5.41) is 15.8. The van der Waals surface area contributed by atoms with Crippen molar-refractivity contribution >= 4 is 17.7 Å². The van der Waals surface area contributed by atoms with Gasteiger partial charge in [-0.15, -0.1) is 0 Å². The first-order chi connectivity index (χ1) is 14.5. The molecule has 8 atom stereocenters. The molecule has 2 N–H and O–H groups in total. The SMILES string of the molecule is CC(=O)C1CCC2C3CCC4CC(C)CCC4(C)C3CCC12C.O=C(O)CCC(=O)O. The summed E-state index contributed by atoms with van der Waals surface area (Å²) in [4.78, 5) is 31.5. The second-order valence-corrected chi connectivity index (χ2v) is 11.6. The number of fused-ring (bicyclic) bond motifs is 5. The molecule has 4 aliphatic carbocycles. The molecule has 4 aliphatic rings. The highest BCUT2D eigenvalue weighted by Crippen LogP contribution is 2.67. The zero-order valence-electron chi connectivity index (χ0n) is 19.9. The van der Waals surface area contributed by atoms with Gasteiger partial charge in [-0.05, 0) is 98.7 Å². The summed E-state index contributed by atoms with van der Waals surface area (Å²) >= 11 is 0. The molecule has 8 unspecified atom stereocenters. The number of Topliss-reactive ketones (excluding diaryl/α,β-unsaturated/α-hetero) is 1. The molecule has 0 aliphatic heterocycles. The van der Waals surface area contributed by atoms with Gasteiger partial charge in [-0.1, -0.05) is 27.2 Å². The minimum atomic E-state index is -1.08. The van der Waals surface area contributed by atoms with E-state index in [1.165, 1.54) is 57.8 Å². The van der Waals surface area contributed by atoms with Crippen molar-refractivity contribution in [3.05, 3.63) is 0 Å². The Labute approximate surface area is 187 Å². The van der Waals surface area contributed by atoms with Crippen LogP contribution in [-0.2, 0) is 14.4 Å². The molecule has 0 aromatic rings. The molecule has 0 bridgehead atoms. The zero-order valence-corrected chi connectivity index (χ0v) is 19.9. The highest BCUT2D eigenvalue weighted by Gasteiger charge is 2.60. The summed E-state index contributed by atoms with van der Waals surface area (Å²) in [6.07, 6.45) is 12.0. The van der Waals surface area contributed by atoms with Crippen molar-refractivity contribution in [2.75, 3.05) is 0 Å². The van der Waals surface area contributed by atoms with Crippen molar-refractivity contribution in [1.29, 1.82) is 0 Å². The molecular formula is C26H42O5. The van der Waals surface area contributed by atoms with E-state index in [1.54, 1.807) is 0 Å². The van der Waals surface area contributed by atoms with E-state index < -0.39 is 11.9 Å². The Kier molecular flexibility index (Phi) is 7.22. The Balaban J connectivity index is 0.000000293. The van der Waals surface area contributed by atoms with E-state index in [0.717, 1.165) is 29.6 Å². The van der Waals surface area contributed by atoms with Crippen molar-refractivity contribution in [2.45, 2.75) is 98.3 Å². The normalized spacial score (nSPS) is 43.5. The number of ketones is 1. The Hall–Kier alpha value is -1.39. The summed E-state index contributed by atoms with van der Waals surface area (Å²) in [6, 6.07) is 0. The van der Waals surface area contributed by atoms with Gasteiger partial charge in [0.25, 0.3) is 0 Å². The van der Waals surface area contributed by atoms with E-state index in [-0.39, 0.29) is 12.8 Å². The van der Waals surface area contributed by atoms with Crippen molar-refractivity contribution in [2.24, 2.45) is 46.3 Å². The van der Waals surface area contributed by atoms with E-state index in [9.17, 15) is 14.4 Å². The van der Waals surface area contributed by atoms with Crippen LogP contribution in [0.2, 0.25) is 0 Å². The maximum absolute atomic E-state index is 12.2. The van der Waals surface area contributed by atoms with Crippen LogP contribution in [0.25, 0.3) is 0 Å². The van der Waals surface area contributed by atoms with Gasteiger partial charge < -0.3 is 10.2 Å². The fourth-order valence-electron chi connectivity index (χ4n) is 8.35. The van der Waals surface area contributed by atoms with Gasteiger partial charge in [-0.25, -0.2) is 0 Å². The highest BCUT2D eigenvalue weighted by molar-refractivity contribution is 5.79. The quantitative estimate of drug-likeness (QED) is 0.583. The molecule has 176 valence electrons. The molecule has 0 spiro atoms. The highest BCUT2D eigenvalue weighted by atomic mass is 16.4. The van der Waals surface area contributed by atoms with Crippen LogP contribution in [0.4, 0.5) is 0 Å². The van der Waals surface area contributed by atoms with E-state index in [2.05, 4.69) is 20.8 Å². The molecule has 0 aromatic heterocycles. The molecule has 31 heavy (non-hydrogen) atoms. The van der Waals surface area contributed by atoms with Crippen molar-refractivity contribution in [3.8, 4) is 0 Å². The number of carbonyl (C=O) groups is 3. The zero-order chi connectivity index (χ0) is 23.0. The van der Waals surface area contributed by atoms with Gasteiger partial charge in [-0.3, -0.25) is 14.4 Å². The average Bonchev–Trinajstić information content (AvgIpc) is 3.05. The summed E-state index contributed by atoms with van der Waals surface area (Å²) in [5.74, 6) is 3.34. The lowest BCUT2D eigenvalue weighted by atomic mass is 9.44. The van der Waals surface area contributed by atoms with Crippen molar-refractivity contribution in [3.63, 3.8) is 0 Å². The minimum Gasteiger partial charge on any atom is -0.481 e. The standard InChI is InChI=1S/C22H36O.C4H6O4/c1-14-9-11-21(3)16(13-14)5-6-17-19-8-7-18(15(2)23)22(19,4)12-10-20(17)21;5-3(6)1-2-4(7)8/h14,16-20H,5-13H2,1-4H3;1-2H2,(H,5,6)(H,7,8). The molecule has 4 saturated carbocycles. The van der Waals surface area contributed by atoms with Crippen molar-refractivity contribution in [1.82, 2.24) is 0 Å². The van der Waals surface area contributed by atoms with Gasteiger partial charge in [0.15, 0.2) is 0 Å². The third kappa shape index (κ3) is 4.71. The molecular weight excluding hydrogens is 392 g/mol. The number of carboxylic acid groups (broad SMARTS) is 2. The third-order valence-electron chi connectivity index (χ3n) is 9.97. The number of carboxylic acids is 2. The monoisotopic (exact) mass is 434 g/mol. The van der Waals surface area contributed by atoms with Gasteiger partial charge in [0.05, 0.1) is 12.8 Å². The van der Waals surface area contributed by atoms with Gasteiger partial charge in [0.2, 0.25) is 0 Å². The van der Waals surface area contributed by atoms with Crippen LogP contribution >= 0.6 is 0 Å².